The number of aldehydes is 1. The van der Waals surface area contributed by atoms with Crippen LogP contribution in [-0.4, -0.2) is 21.6 Å². The molecule has 0 N–H and O–H groups in total. The Balaban J connectivity index is 2.32. The molecule has 104 valence electrons. The maximum Gasteiger partial charge on any atom is 0.152 e. The second-order valence-electron chi connectivity index (χ2n) is 4.95. The van der Waals surface area contributed by atoms with Crippen molar-refractivity contribution >= 4 is 12.1 Å². The minimum absolute atomic E-state index is 0.0834. The predicted octanol–water partition coefficient (Wildman–Crippen LogP) is 2.15. The SMILES string of the molecule is CC(C=O)C(=O)C(Cc1cccn1C)c1ccccn1. The van der Waals surface area contributed by atoms with Crippen molar-refractivity contribution in [1.29, 1.82) is 0 Å². The van der Waals surface area contributed by atoms with Gasteiger partial charge in [-0.05, 0) is 31.2 Å². The van der Waals surface area contributed by atoms with Crippen molar-refractivity contribution in [2.45, 2.75) is 19.3 Å². The lowest BCUT2D eigenvalue weighted by molar-refractivity contribution is -0.127. The van der Waals surface area contributed by atoms with E-state index in [0.29, 0.717) is 18.4 Å². The largest absolute Gasteiger partial charge is 0.354 e. The highest BCUT2D eigenvalue weighted by atomic mass is 16.1. The summed E-state index contributed by atoms with van der Waals surface area (Å²) >= 11 is 0. The van der Waals surface area contributed by atoms with E-state index in [1.165, 1.54) is 0 Å². The molecule has 4 heteroatoms. The Labute approximate surface area is 118 Å². The maximum absolute atomic E-state index is 12.4. The fourth-order valence-corrected chi connectivity index (χ4v) is 2.24. The number of hydrogen-bond acceptors (Lipinski definition) is 3. The highest BCUT2D eigenvalue weighted by Gasteiger charge is 2.27. The monoisotopic (exact) mass is 270 g/mol. The molecule has 0 radical (unpaired) electrons. The van der Waals surface area contributed by atoms with Crippen molar-refractivity contribution in [1.82, 2.24) is 9.55 Å². The summed E-state index contributed by atoms with van der Waals surface area (Å²) in [4.78, 5) is 27.6. The van der Waals surface area contributed by atoms with Gasteiger partial charge in [0.25, 0.3) is 0 Å². The number of nitrogens with zero attached hydrogens (tertiary/aromatic N) is 2. The van der Waals surface area contributed by atoms with Gasteiger partial charge in [0.15, 0.2) is 5.78 Å². The van der Waals surface area contributed by atoms with Crippen LogP contribution in [0.1, 0.15) is 24.2 Å². The Morgan fingerprint density at radius 1 is 1.35 bits per heavy atom. The van der Waals surface area contributed by atoms with Gasteiger partial charge in [0.2, 0.25) is 0 Å². The molecule has 2 aromatic heterocycles. The number of Topliss-reactive ketones (excluding diaryl/α,β-unsaturated/α-hetero) is 1. The summed E-state index contributed by atoms with van der Waals surface area (Å²) in [7, 11) is 1.94. The van der Waals surface area contributed by atoms with Gasteiger partial charge in [-0.2, -0.15) is 0 Å². The average Bonchev–Trinajstić information content (AvgIpc) is 2.89. The number of carbonyl (C=O) groups excluding carboxylic acids is 2. The van der Waals surface area contributed by atoms with E-state index in [4.69, 9.17) is 0 Å². The third-order valence-corrected chi connectivity index (χ3v) is 3.51. The average molecular weight is 270 g/mol. The topological polar surface area (TPSA) is 52.0 Å². The summed E-state index contributed by atoms with van der Waals surface area (Å²) < 4.78 is 1.98. The van der Waals surface area contributed by atoms with Crippen LogP contribution < -0.4 is 0 Å². The van der Waals surface area contributed by atoms with Gasteiger partial charge in [-0.15, -0.1) is 0 Å². The van der Waals surface area contributed by atoms with Gasteiger partial charge in [-0.3, -0.25) is 9.78 Å². The molecule has 0 saturated carbocycles. The lowest BCUT2D eigenvalue weighted by Crippen LogP contribution is -2.24. The number of pyridine rings is 1. The van der Waals surface area contributed by atoms with Gasteiger partial charge in [0.05, 0.1) is 17.5 Å². The van der Waals surface area contributed by atoms with E-state index < -0.39 is 5.92 Å². The summed E-state index contributed by atoms with van der Waals surface area (Å²) in [6, 6.07) is 9.44. The molecule has 20 heavy (non-hydrogen) atoms. The predicted molar refractivity (Wildman–Crippen MR) is 76.3 cm³/mol. The van der Waals surface area contributed by atoms with Gasteiger partial charge in [0.1, 0.15) is 6.29 Å². The minimum Gasteiger partial charge on any atom is -0.354 e. The van der Waals surface area contributed by atoms with Crippen LogP contribution in [0.4, 0.5) is 0 Å². The van der Waals surface area contributed by atoms with E-state index in [2.05, 4.69) is 4.98 Å². The lowest BCUT2D eigenvalue weighted by atomic mass is 9.88. The van der Waals surface area contributed by atoms with Gasteiger partial charge >= 0.3 is 0 Å². The first-order valence-electron chi connectivity index (χ1n) is 6.63. The van der Waals surface area contributed by atoms with Gasteiger partial charge < -0.3 is 9.36 Å². The first-order chi connectivity index (χ1) is 9.63. The van der Waals surface area contributed by atoms with E-state index in [-0.39, 0.29) is 11.7 Å². The van der Waals surface area contributed by atoms with Gasteiger partial charge in [-0.1, -0.05) is 6.07 Å². The molecule has 2 aromatic rings. The van der Waals surface area contributed by atoms with Crippen molar-refractivity contribution in [3.8, 4) is 0 Å². The number of carbonyl (C=O) groups is 2. The van der Waals surface area contributed by atoms with Gasteiger partial charge in [0, 0.05) is 31.6 Å². The van der Waals surface area contributed by atoms with E-state index >= 15 is 0 Å². The molecule has 0 aliphatic heterocycles. The first kappa shape index (κ1) is 14.2. The highest BCUT2D eigenvalue weighted by molar-refractivity contribution is 5.97. The summed E-state index contributed by atoms with van der Waals surface area (Å²) in [5.74, 6) is -1.08. The summed E-state index contributed by atoms with van der Waals surface area (Å²) in [6.45, 7) is 1.64. The van der Waals surface area contributed by atoms with Crippen LogP contribution >= 0.6 is 0 Å². The second kappa shape index (κ2) is 6.28. The molecule has 0 fully saturated rings. The first-order valence-corrected chi connectivity index (χ1v) is 6.63. The van der Waals surface area contributed by atoms with Crippen LogP contribution in [0.25, 0.3) is 0 Å². The molecule has 2 unspecified atom stereocenters. The quantitative estimate of drug-likeness (QED) is 0.597. The summed E-state index contributed by atoms with van der Waals surface area (Å²) in [5, 5.41) is 0. The number of aryl methyl sites for hydroxylation is 1. The zero-order valence-electron chi connectivity index (χ0n) is 11.7. The molecule has 0 aromatic carbocycles. The Morgan fingerprint density at radius 2 is 2.15 bits per heavy atom. The minimum atomic E-state index is -0.609. The number of hydrogen-bond donors (Lipinski definition) is 0. The number of rotatable bonds is 6. The molecule has 2 atom stereocenters. The maximum atomic E-state index is 12.4. The normalized spacial score (nSPS) is 13.7. The van der Waals surface area contributed by atoms with Crippen LogP contribution in [0.5, 0.6) is 0 Å². The van der Waals surface area contributed by atoms with Crippen LogP contribution in [0.2, 0.25) is 0 Å². The molecule has 0 spiro atoms. The van der Waals surface area contributed by atoms with Gasteiger partial charge in [-0.25, -0.2) is 0 Å². The molecule has 0 saturated heterocycles. The molecule has 2 heterocycles. The summed E-state index contributed by atoms with van der Waals surface area (Å²) in [5.41, 5.74) is 1.76. The Hall–Kier alpha value is -2.23. The van der Waals surface area contributed by atoms with Crippen molar-refractivity contribution in [2.75, 3.05) is 0 Å². The molecule has 4 nitrogen and oxygen atoms in total. The third-order valence-electron chi connectivity index (χ3n) is 3.51. The van der Waals surface area contributed by atoms with Crippen molar-refractivity contribution < 1.29 is 9.59 Å². The van der Waals surface area contributed by atoms with E-state index in [9.17, 15) is 9.59 Å². The van der Waals surface area contributed by atoms with Crippen molar-refractivity contribution in [3.63, 3.8) is 0 Å². The molecule has 2 rings (SSSR count). The standard InChI is InChI=1S/C16H18N2O2/c1-12(11-19)16(20)14(15-7-3-4-8-17-15)10-13-6-5-9-18(13)2/h3-9,11-12,14H,10H2,1-2H3. The van der Waals surface area contributed by atoms with E-state index in [1.54, 1.807) is 13.1 Å². The third kappa shape index (κ3) is 3.02. The smallest absolute Gasteiger partial charge is 0.152 e. The van der Waals surface area contributed by atoms with Crippen LogP contribution in [-0.2, 0) is 23.1 Å². The van der Waals surface area contributed by atoms with Crippen molar-refractivity contribution in [3.05, 3.63) is 54.1 Å². The Bertz CT molecular complexity index is 590. The molecular formula is C16H18N2O2. The molecular weight excluding hydrogens is 252 g/mol. The summed E-state index contributed by atoms with van der Waals surface area (Å²) in [6.07, 6.45) is 4.87. The molecule has 0 aliphatic carbocycles. The van der Waals surface area contributed by atoms with Crippen LogP contribution in [0, 0.1) is 5.92 Å². The zero-order chi connectivity index (χ0) is 14.5. The Morgan fingerprint density at radius 3 is 2.70 bits per heavy atom. The highest BCUT2D eigenvalue weighted by Crippen LogP contribution is 2.23. The van der Waals surface area contributed by atoms with Crippen LogP contribution in [0.15, 0.2) is 42.7 Å². The number of aromatic nitrogens is 2. The Kier molecular flexibility index (Phi) is 4.45. The van der Waals surface area contributed by atoms with Crippen LogP contribution in [0.3, 0.4) is 0 Å². The molecule has 0 bridgehead atoms. The molecule has 0 amide bonds. The molecule has 0 aliphatic rings. The lowest BCUT2D eigenvalue weighted by Gasteiger charge is -2.17. The second-order valence-corrected chi connectivity index (χ2v) is 4.95. The van der Waals surface area contributed by atoms with Crippen molar-refractivity contribution in [2.24, 2.45) is 13.0 Å². The van der Waals surface area contributed by atoms with E-state index in [1.807, 2.05) is 48.1 Å². The number of ketones is 1. The fourth-order valence-electron chi connectivity index (χ4n) is 2.24. The van der Waals surface area contributed by atoms with E-state index in [0.717, 1.165) is 5.69 Å². The zero-order valence-corrected chi connectivity index (χ0v) is 11.7. The fraction of sp³-hybridized carbons (Fsp3) is 0.312.